The van der Waals surface area contributed by atoms with Crippen molar-refractivity contribution in [1.82, 2.24) is 0 Å². The van der Waals surface area contributed by atoms with E-state index >= 15 is 0 Å². The van der Waals surface area contributed by atoms with Crippen LogP contribution in [0.3, 0.4) is 0 Å². The summed E-state index contributed by atoms with van der Waals surface area (Å²) in [7, 11) is 1.64. The zero-order chi connectivity index (χ0) is 9.56. The van der Waals surface area contributed by atoms with Crippen molar-refractivity contribution in [2.75, 3.05) is 14.2 Å². The van der Waals surface area contributed by atoms with Crippen molar-refractivity contribution < 1.29 is 18.4 Å². The third-order valence-electron chi connectivity index (χ3n) is 1.42. The van der Waals surface area contributed by atoms with Gasteiger partial charge in [-0.1, -0.05) is 0 Å². The smallest absolute Gasteiger partial charge is 0.324 e. The highest BCUT2D eigenvalue weighted by Crippen LogP contribution is 2.04. The summed E-state index contributed by atoms with van der Waals surface area (Å²) in [4.78, 5) is 10.5. The molecule has 0 spiro atoms. The predicted molar refractivity (Wildman–Crippen MR) is 47.2 cm³/mol. The molecule has 1 unspecified atom stereocenters. The van der Waals surface area contributed by atoms with Crippen LogP contribution in [0.15, 0.2) is 0 Å². The molecule has 0 fully saturated rings. The molecule has 5 heteroatoms. The lowest BCUT2D eigenvalue weighted by Crippen LogP contribution is -2.26. The van der Waals surface area contributed by atoms with Crippen molar-refractivity contribution >= 4 is 15.3 Å². The second-order valence-electron chi connectivity index (χ2n) is 2.56. The first-order valence-electron chi connectivity index (χ1n) is 3.83. The van der Waals surface area contributed by atoms with Gasteiger partial charge in [0.1, 0.15) is 6.10 Å². The van der Waals surface area contributed by atoms with E-state index in [4.69, 9.17) is 13.6 Å². The van der Waals surface area contributed by atoms with E-state index in [1.54, 1.807) is 14.2 Å². The molecule has 72 valence electrons. The predicted octanol–water partition coefficient (Wildman–Crippen LogP) is 0.451. The Labute approximate surface area is 74.7 Å². The molecule has 0 saturated carbocycles. The van der Waals surface area contributed by atoms with E-state index in [9.17, 15) is 4.79 Å². The minimum absolute atomic E-state index is 0.112. The molecular weight excluding hydrogens is 176 g/mol. The lowest BCUT2D eigenvalue weighted by molar-refractivity contribution is -0.144. The molecular formula is C7H16O4Si. The fraction of sp³-hybridized carbons (Fsp3) is 0.857. The first-order valence-corrected chi connectivity index (χ1v) is 5.59. The molecule has 1 atom stereocenters. The van der Waals surface area contributed by atoms with Gasteiger partial charge in [-0.25, -0.2) is 0 Å². The maximum Gasteiger partial charge on any atom is 0.324 e. The maximum atomic E-state index is 10.5. The molecule has 0 aliphatic rings. The summed E-state index contributed by atoms with van der Waals surface area (Å²) in [6, 6.07) is 0.687. The minimum Gasteiger partial charge on any atom is -0.463 e. The number of ether oxygens (including phenoxy) is 1. The molecule has 0 aromatic heterocycles. The highest BCUT2D eigenvalue weighted by molar-refractivity contribution is 6.44. The summed E-state index contributed by atoms with van der Waals surface area (Å²) in [5, 5.41) is 0. The van der Waals surface area contributed by atoms with Gasteiger partial charge in [-0.05, 0) is 6.92 Å². The number of esters is 1. The van der Waals surface area contributed by atoms with Crippen molar-refractivity contribution in [3.63, 3.8) is 0 Å². The molecule has 0 radical (unpaired) electrons. The SMILES string of the molecule is CO[SiH](CC(C)OC(C)=O)OC. The van der Waals surface area contributed by atoms with E-state index in [0.717, 1.165) is 0 Å². The fourth-order valence-corrected chi connectivity index (χ4v) is 2.11. The van der Waals surface area contributed by atoms with Gasteiger partial charge in [0.05, 0.1) is 0 Å². The molecule has 0 amide bonds. The van der Waals surface area contributed by atoms with Crippen LogP contribution in [0.4, 0.5) is 0 Å². The van der Waals surface area contributed by atoms with E-state index < -0.39 is 9.28 Å². The summed E-state index contributed by atoms with van der Waals surface area (Å²) in [6.45, 7) is 3.23. The third-order valence-corrected chi connectivity index (χ3v) is 3.52. The highest BCUT2D eigenvalue weighted by atomic mass is 28.3. The molecule has 0 saturated heterocycles. The molecule has 4 nitrogen and oxygen atoms in total. The lowest BCUT2D eigenvalue weighted by atomic mass is 10.5. The standard InChI is InChI=1S/C7H16O4Si/c1-6(11-7(2)8)5-12(9-3)10-4/h6,12H,5H2,1-4H3. The van der Waals surface area contributed by atoms with Crippen LogP contribution in [0, 0.1) is 0 Å². The van der Waals surface area contributed by atoms with Gasteiger partial charge in [0.25, 0.3) is 0 Å². The van der Waals surface area contributed by atoms with Crippen LogP contribution in [0.1, 0.15) is 13.8 Å². The van der Waals surface area contributed by atoms with Crippen LogP contribution in [0.25, 0.3) is 0 Å². The second-order valence-corrected chi connectivity index (χ2v) is 4.83. The maximum absolute atomic E-state index is 10.5. The first kappa shape index (κ1) is 11.6. The van der Waals surface area contributed by atoms with E-state index in [1.807, 2.05) is 6.92 Å². The Hall–Kier alpha value is -0.393. The monoisotopic (exact) mass is 192 g/mol. The van der Waals surface area contributed by atoms with Gasteiger partial charge in [-0.2, -0.15) is 0 Å². The summed E-state index contributed by atoms with van der Waals surface area (Å²) in [5.74, 6) is -0.262. The third kappa shape index (κ3) is 5.28. The topological polar surface area (TPSA) is 44.8 Å². The van der Waals surface area contributed by atoms with Crippen LogP contribution < -0.4 is 0 Å². The second kappa shape index (κ2) is 6.16. The van der Waals surface area contributed by atoms with Crippen LogP contribution in [0.5, 0.6) is 0 Å². The summed E-state index contributed by atoms with van der Waals surface area (Å²) in [5.41, 5.74) is 0. The number of carbonyl (C=O) groups is 1. The summed E-state index contributed by atoms with van der Waals surface area (Å²) < 4.78 is 15.1. The van der Waals surface area contributed by atoms with Gasteiger partial charge in [0.15, 0.2) is 0 Å². The Balaban J connectivity index is 3.65. The van der Waals surface area contributed by atoms with Crippen LogP contribution >= 0.6 is 0 Å². The molecule has 0 aromatic carbocycles. The van der Waals surface area contributed by atoms with Crippen molar-refractivity contribution in [3.8, 4) is 0 Å². The van der Waals surface area contributed by atoms with Gasteiger partial charge in [0.2, 0.25) is 0 Å². The van der Waals surface area contributed by atoms with Gasteiger partial charge < -0.3 is 13.6 Å². The average Bonchev–Trinajstić information content (AvgIpc) is 1.98. The Morgan fingerprint density at radius 2 is 1.92 bits per heavy atom. The zero-order valence-electron chi connectivity index (χ0n) is 7.99. The van der Waals surface area contributed by atoms with E-state index in [1.165, 1.54) is 6.92 Å². The van der Waals surface area contributed by atoms with Gasteiger partial charge in [0, 0.05) is 27.2 Å². The highest BCUT2D eigenvalue weighted by Gasteiger charge is 2.16. The Morgan fingerprint density at radius 3 is 2.25 bits per heavy atom. The van der Waals surface area contributed by atoms with Crippen molar-refractivity contribution in [1.29, 1.82) is 0 Å². The largest absolute Gasteiger partial charge is 0.463 e. The van der Waals surface area contributed by atoms with Gasteiger partial charge in [-0.15, -0.1) is 0 Å². The fourth-order valence-electron chi connectivity index (χ4n) is 0.891. The summed E-state index contributed by atoms with van der Waals surface area (Å²) in [6.07, 6.45) is -0.112. The zero-order valence-corrected chi connectivity index (χ0v) is 9.15. The Bertz CT molecular complexity index is 135. The van der Waals surface area contributed by atoms with Crippen molar-refractivity contribution in [3.05, 3.63) is 0 Å². The minimum atomic E-state index is -1.59. The number of hydrogen-bond donors (Lipinski definition) is 0. The molecule has 0 heterocycles. The normalized spacial score (nSPS) is 13.1. The van der Waals surface area contributed by atoms with Gasteiger partial charge in [-0.3, -0.25) is 4.79 Å². The van der Waals surface area contributed by atoms with E-state index in [0.29, 0.717) is 6.04 Å². The number of carbonyl (C=O) groups excluding carboxylic acids is 1. The summed E-state index contributed by atoms with van der Waals surface area (Å²) >= 11 is 0. The molecule has 0 aromatic rings. The molecule has 0 aliphatic carbocycles. The Morgan fingerprint density at radius 1 is 1.42 bits per heavy atom. The van der Waals surface area contributed by atoms with Gasteiger partial charge >= 0.3 is 15.3 Å². The lowest BCUT2D eigenvalue weighted by Gasteiger charge is -2.16. The van der Waals surface area contributed by atoms with E-state index in [2.05, 4.69) is 0 Å². The average molecular weight is 192 g/mol. The molecule has 0 bridgehead atoms. The molecule has 0 N–H and O–H groups in total. The Kier molecular flexibility index (Phi) is 5.96. The van der Waals surface area contributed by atoms with Crippen molar-refractivity contribution in [2.45, 2.75) is 26.0 Å². The van der Waals surface area contributed by atoms with Crippen LogP contribution in [-0.4, -0.2) is 35.6 Å². The van der Waals surface area contributed by atoms with Crippen LogP contribution in [0.2, 0.25) is 6.04 Å². The molecule has 0 aliphatic heterocycles. The quantitative estimate of drug-likeness (QED) is 0.468. The number of hydrogen-bond acceptors (Lipinski definition) is 4. The van der Waals surface area contributed by atoms with Crippen molar-refractivity contribution in [2.24, 2.45) is 0 Å². The first-order chi connectivity index (χ1) is 5.60. The van der Waals surface area contributed by atoms with Crippen LogP contribution in [-0.2, 0) is 18.4 Å². The van der Waals surface area contributed by atoms with E-state index in [-0.39, 0.29) is 12.1 Å². The number of rotatable bonds is 5. The molecule has 12 heavy (non-hydrogen) atoms. The molecule has 0 rings (SSSR count).